The minimum atomic E-state index is -5.01. The average molecular weight is 699 g/mol. The van der Waals surface area contributed by atoms with E-state index in [0.717, 1.165) is 43.0 Å². The zero-order chi connectivity index (χ0) is 34.3. The molecule has 0 spiro atoms. The summed E-state index contributed by atoms with van der Waals surface area (Å²) in [5.41, 5.74) is -1.04. The molecule has 0 aliphatic carbocycles. The summed E-state index contributed by atoms with van der Waals surface area (Å²) >= 11 is 6.90. The number of halogens is 4. The summed E-state index contributed by atoms with van der Waals surface area (Å²) in [6.45, 7) is 1.55. The van der Waals surface area contributed by atoms with E-state index in [1.807, 2.05) is 78.9 Å². The smallest absolute Gasteiger partial charge is 0.434 e. The van der Waals surface area contributed by atoms with Gasteiger partial charge in [0.1, 0.15) is 12.4 Å². The van der Waals surface area contributed by atoms with Crippen LogP contribution in [0.5, 0.6) is 5.75 Å². The quantitative estimate of drug-likeness (QED) is 0.159. The van der Waals surface area contributed by atoms with Crippen molar-refractivity contribution < 1.29 is 27.4 Å². The number of nitrogens with zero attached hydrogens (tertiary/aromatic N) is 2. The Labute approximate surface area is 286 Å². The van der Waals surface area contributed by atoms with Crippen molar-refractivity contribution in [1.29, 1.82) is 0 Å². The van der Waals surface area contributed by atoms with Gasteiger partial charge in [0.05, 0.1) is 22.8 Å². The topological polar surface area (TPSA) is 69.9 Å². The molecule has 1 aliphatic rings. The van der Waals surface area contributed by atoms with Crippen LogP contribution in [-0.2, 0) is 16.1 Å². The summed E-state index contributed by atoms with van der Waals surface area (Å²) in [7, 11) is 0. The number of hydrogen-bond acceptors (Lipinski definition) is 6. The number of hydrogen-bond donors (Lipinski definition) is 0. The van der Waals surface area contributed by atoms with Crippen LogP contribution < -0.4 is 19.6 Å². The van der Waals surface area contributed by atoms with Gasteiger partial charge in [-0.15, -0.1) is 0 Å². The Morgan fingerprint density at radius 3 is 2.31 bits per heavy atom. The Bertz CT molecular complexity index is 2460. The fraction of sp³-hybridized carbons (Fsp3) is 0.132. The van der Waals surface area contributed by atoms with Crippen LogP contribution >= 0.6 is 22.9 Å². The number of alkyl halides is 3. The minimum Gasteiger partial charge on any atom is -0.488 e. The molecule has 0 saturated heterocycles. The van der Waals surface area contributed by atoms with Crippen molar-refractivity contribution in [2.45, 2.75) is 25.7 Å². The van der Waals surface area contributed by atoms with Gasteiger partial charge >= 0.3 is 12.1 Å². The van der Waals surface area contributed by atoms with Crippen LogP contribution in [0.4, 0.5) is 13.2 Å². The Kier molecular flexibility index (Phi) is 8.60. The first kappa shape index (κ1) is 32.4. The maximum Gasteiger partial charge on any atom is 0.434 e. The molecule has 0 radical (unpaired) electrons. The third-order valence-corrected chi connectivity index (χ3v) is 9.48. The summed E-state index contributed by atoms with van der Waals surface area (Å²) in [6, 6.07) is 29.7. The van der Waals surface area contributed by atoms with E-state index in [4.69, 9.17) is 21.1 Å². The van der Waals surface area contributed by atoms with Gasteiger partial charge in [0, 0.05) is 10.6 Å². The SMILES string of the molecule is CCOC(=O)C1=C(C(F)(F)F)N=c2s/c(=C\c3c(OCc4cccc5ccccc45)ccc4ccccc34)c(=O)n2[C@@H]1c1ccc(Cl)cc1. The monoisotopic (exact) mass is 698 g/mol. The number of aromatic nitrogens is 1. The molecule has 0 unspecified atom stereocenters. The van der Waals surface area contributed by atoms with Crippen LogP contribution in [0.1, 0.15) is 29.7 Å². The first-order valence-electron chi connectivity index (χ1n) is 15.3. The van der Waals surface area contributed by atoms with Gasteiger partial charge in [0.2, 0.25) is 0 Å². The van der Waals surface area contributed by atoms with Gasteiger partial charge in [-0.1, -0.05) is 108 Å². The van der Waals surface area contributed by atoms with Crippen LogP contribution in [0, 0.1) is 0 Å². The number of esters is 1. The van der Waals surface area contributed by atoms with Crippen molar-refractivity contribution in [2.24, 2.45) is 4.99 Å². The summed E-state index contributed by atoms with van der Waals surface area (Å²) in [5.74, 6) is -0.735. The standard InChI is InChI=1S/C38H26ClF3N2O4S/c1-2-47-36(46)32-33(24-14-17-26(39)18-15-24)44-35(45)31(49-37(44)43-34(32)38(40,41)42)20-29-28-13-6-4-9-23(28)16-19-30(29)48-21-25-11-7-10-22-8-3-5-12-27(22)25/h3-20,33H,2,21H2,1H3/b31-20-/t33-/m1/s1. The zero-order valence-electron chi connectivity index (χ0n) is 25.8. The predicted octanol–water partition coefficient (Wildman–Crippen LogP) is 7.88. The molecule has 1 aromatic heterocycles. The second kappa shape index (κ2) is 13.0. The summed E-state index contributed by atoms with van der Waals surface area (Å²) in [5, 5.41) is 4.10. The van der Waals surface area contributed by atoms with E-state index in [2.05, 4.69) is 4.99 Å². The number of benzene rings is 5. The van der Waals surface area contributed by atoms with Gasteiger partial charge in [-0.25, -0.2) is 9.79 Å². The Morgan fingerprint density at radius 1 is 0.918 bits per heavy atom. The zero-order valence-corrected chi connectivity index (χ0v) is 27.4. The minimum absolute atomic E-state index is 0.107. The number of fused-ring (bicyclic) bond motifs is 3. The van der Waals surface area contributed by atoms with Crippen molar-refractivity contribution in [3.63, 3.8) is 0 Å². The molecule has 246 valence electrons. The number of ether oxygens (including phenoxy) is 2. The van der Waals surface area contributed by atoms with E-state index in [1.165, 1.54) is 31.2 Å². The Morgan fingerprint density at radius 2 is 1.59 bits per heavy atom. The van der Waals surface area contributed by atoms with E-state index >= 15 is 0 Å². The van der Waals surface area contributed by atoms with E-state index in [1.54, 1.807) is 6.08 Å². The van der Waals surface area contributed by atoms with Crippen molar-refractivity contribution >= 4 is 56.5 Å². The van der Waals surface area contributed by atoms with E-state index in [0.29, 0.717) is 16.3 Å². The third kappa shape index (κ3) is 6.13. The molecule has 5 aromatic carbocycles. The Balaban J connectivity index is 1.42. The van der Waals surface area contributed by atoms with Gasteiger partial charge in [0.15, 0.2) is 10.5 Å². The maximum atomic E-state index is 14.6. The fourth-order valence-corrected chi connectivity index (χ4v) is 7.16. The molecule has 11 heteroatoms. The lowest BCUT2D eigenvalue weighted by atomic mass is 9.95. The van der Waals surface area contributed by atoms with E-state index in [-0.39, 0.29) is 28.1 Å². The molecule has 2 heterocycles. The lowest BCUT2D eigenvalue weighted by Gasteiger charge is -2.26. The van der Waals surface area contributed by atoms with E-state index < -0.39 is 35.0 Å². The molecular formula is C38H26ClF3N2O4S. The molecule has 0 N–H and O–H groups in total. The largest absolute Gasteiger partial charge is 0.488 e. The van der Waals surface area contributed by atoms with Gasteiger partial charge in [-0.2, -0.15) is 13.2 Å². The van der Waals surface area contributed by atoms with Crippen LogP contribution in [0.2, 0.25) is 5.02 Å². The maximum absolute atomic E-state index is 14.6. The molecule has 0 saturated carbocycles. The van der Waals surface area contributed by atoms with Gasteiger partial charge in [-0.3, -0.25) is 9.36 Å². The predicted molar refractivity (Wildman–Crippen MR) is 184 cm³/mol. The first-order valence-corrected chi connectivity index (χ1v) is 16.5. The van der Waals surface area contributed by atoms with Gasteiger partial charge < -0.3 is 9.47 Å². The number of carbonyl (C=O) groups is 1. The van der Waals surface area contributed by atoms with Crippen molar-refractivity contribution in [2.75, 3.05) is 6.61 Å². The molecule has 6 aromatic rings. The molecule has 49 heavy (non-hydrogen) atoms. The van der Waals surface area contributed by atoms with Gasteiger partial charge in [-0.05, 0) is 63.9 Å². The highest BCUT2D eigenvalue weighted by Crippen LogP contribution is 2.39. The number of thiazole rings is 1. The molecule has 1 aliphatic heterocycles. The molecule has 0 amide bonds. The summed E-state index contributed by atoms with van der Waals surface area (Å²) in [6.07, 6.45) is -3.40. The van der Waals surface area contributed by atoms with Crippen LogP contribution in [0.15, 0.2) is 124 Å². The highest BCUT2D eigenvalue weighted by atomic mass is 35.5. The van der Waals surface area contributed by atoms with Gasteiger partial charge in [0.25, 0.3) is 5.56 Å². The van der Waals surface area contributed by atoms with Crippen LogP contribution in [0.3, 0.4) is 0 Å². The molecular weight excluding hydrogens is 673 g/mol. The third-order valence-electron chi connectivity index (χ3n) is 8.25. The number of rotatable bonds is 7. The highest BCUT2D eigenvalue weighted by molar-refractivity contribution is 7.07. The second-order valence-electron chi connectivity index (χ2n) is 11.2. The fourth-order valence-electron chi connectivity index (χ4n) is 6.06. The normalized spacial score (nSPS) is 15.0. The number of allylic oxidation sites excluding steroid dienone is 1. The molecule has 0 bridgehead atoms. The average Bonchev–Trinajstić information content (AvgIpc) is 3.41. The second-order valence-corrected chi connectivity index (χ2v) is 12.7. The lowest BCUT2D eigenvalue weighted by Crippen LogP contribution is -2.41. The highest BCUT2D eigenvalue weighted by Gasteiger charge is 2.45. The van der Waals surface area contributed by atoms with E-state index in [9.17, 15) is 22.8 Å². The summed E-state index contributed by atoms with van der Waals surface area (Å²) in [4.78, 5) is 31.1. The van der Waals surface area contributed by atoms with Crippen molar-refractivity contribution in [3.05, 3.63) is 156 Å². The molecule has 1 atom stereocenters. The molecule has 0 fully saturated rings. The van der Waals surface area contributed by atoms with Crippen LogP contribution in [-0.4, -0.2) is 23.3 Å². The van der Waals surface area contributed by atoms with Crippen LogP contribution in [0.25, 0.3) is 27.6 Å². The summed E-state index contributed by atoms with van der Waals surface area (Å²) < 4.78 is 56.4. The van der Waals surface area contributed by atoms with Crippen molar-refractivity contribution in [1.82, 2.24) is 4.57 Å². The molecule has 6 nitrogen and oxygen atoms in total. The first-order chi connectivity index (χ1) is 23.6. The molecule has 7 rings (SSSR count). The number of carbonyl (C=O) groups excluding carboxylic acids is 1. The van der Waals surface area contributed by atoms with Crippen molar-refractivity contribution in [3.8, 4) is 5.75 Å². The lowest BCUT2D eigenvalue weighted by molar-refractivity contribution is -0.140. The Hall–Kier alpha value is -5.19.